The lowest BCUT2D eigenvalue weighted by atomic mass is 10.3. The summed E-state index contributed by atoms with van der Waals surface area (Å²) in [6, 6.07) is 0. The van der Waals surface area contributed by atoms with E-state index >= 15 is 0 Å². The highest BCUT2D eigenvalue weighted by Gasteiger charge is 2.20. The van der Waals surface area contributed by atoms with Gasteiger partial charge in [0.25, 0.3) is 0 Å². The molecule has 0 aromatic heterocycles. The van der Waals surface area contributed by atoms with Crippen LogP contribution in [-0.4, -0.2) is 31.1 Å². The number of nitrogens with zero attached hydrogens (tertiary/aromatic N) is 1. The first kappa shape index (κ1) is 7.43. The van der Waals surface area contributed by atoms with Gasteiger partial charge >= 0.3 is 0 Å². The van der Waals surface area contributed by atoms with Crippen LogP contribution >= 0.6 is 0 Å². The fraction of sp³-hybridized carbons (Fsp3) is 1.00. The molecule has 0 aromatic carbocycles. The molecular formula is C5H12N3O2+. The summed E-state index contributed by atoms with van der Waals surface area (Å²) in [5.74, 6) is 0. The summed E-state index contributed by atoms with van der Waals surface area (Å²) in [5, 5.41) is 1.47. The van der Waals surface area contributed by atoms with Gasteiger partial charge in [0.05, 0.1) is 4.91 Å². The minimum absolute atomic E-state index is 0.145. The predicted octanol–water partition coefficient (Wildman–Crippen LogP) is -2.03. The first-order valence-corrected chi connectivity index (χ1v) is 3.29. The molecule has 1 aliphatic rings. The van der Waals surface area contributed by atoms with Gasteiger partial charge in [-0.3, -0.25) is 0 Å². The number of nitrogens with one attached hydrogen (secondary N) is 2. The Morgan fingerprint density at radius 2 is 2.60 bits per heavy atom. The summed E-state index contributed by atoms with van der Waals surface area (Å²) in [6.45, 7) is 1.92. The van der Waals surface area contributed by atoms with Crippen molar-refractivity contribution in [1.82, 2.24) is 10.5 Å². The van der Waals surface area contributed by atoms with E-state index in [1.807, 2.05) is 7.05 Å². The van der Waals surface area contributed by atoms with Crippen LogP contribution < -0.4 is 10.9 Å². The maximum absolute atomic E-state index is 9.67. The zero-order valence-electron chi connectivity index (χ0n) is 5.96. The Morgan fingerprint density at radius 1 is 1.80 bits per heavy atom. The van der Waals surface area contributed by atoms with Gasteiger partial charge in [-0.05, 0) is 19.1 Å². The average molecular weight is 146 g/mol. The monoisotopic (exact) mass is 146 g/mol. The van der Waals surface area contributed by atoms with E-state index in [0.717, 1.165) is 19.5 Å². The maximum Gasteiger partial charge on any atom is 0.125 e. The first-order chi connectivity index (χ1) is 4.83. The average Bonchev–Trinajstić information content (AvgIpc) is 2.31. The van der Waals surface area contributed by atoms with Gasteiger partial charge in [0.2, 0.25) is 0 Å². The molecule has 0 aromatic rings. The molecule has 5 nitrogen and oxygen atoms in total. The topological polar surface area (TPSA) is 55.5 Å². The van der Waals surface area contributed by atoms with Crippen molar-refractivity contribution in [3.05, 3.63) is 4.91 Å². The van der Waals surface area contributed by atoms with Gasteiger partial charge in [0, 0.05) is 13.1 Å². The normalized spacial score (nSPS) is 26.7. The minimum atomic E-state index is 0.145. The number of nitroso groups, excluding NO2 is 1. The molecule has 0 aliphatic carbocycles. The van der Waals surface area contributed by atoms with Gasteiger partial charge in [-0.2, -0.15) is 0 Å². The van der Waals surface area contributed by atoms with Crippen molar-refractivity contribution < 1.29 is 10.1 Å². The van der Waals surface area contributed by atoms with Crippen molar-refractivity contribution in [3.8, 4) is 0 Å². The van der Waals surface area contributed by atoms with Crippen molar-refractivity contribution in [3.63, 3.8) is 0 Å². The molecule has 58 valence electrons. The highest BCUT2D eigenvalue weighted by atomic mass is 16.7. The second kappa shape index (κ2) is 3.48. The van der Waals surface area contributed by atoms with Gasteiger partial charge in [-0.15, -0.1) is 0 Å². The molecule has 0 radical (unpaired) electrons. The number of hydrogen-bond acceptors (Lipinski definition) is 3. The Hall–Kier alpha value is -0.680. The third kappa shape index (κ3) is 1.93. The van der Waals surface area contributed by atoms with E-state index in [4.69, 9.17) is 4.84 Å². The molecule has 0 amide bonds. The molecule has 1 fully saturated rings. The van der Waals surface area contributed by atoms with Crippen molar-refractivity contribution in [1.29, 1.82) is 0 Å². The number of hydrogen-bond donors (Lipinski definition) is 2. The fourth-order valence-corrected chi connectivity index (χ4v) is 1.10. The number of likely N-dealkylation sites (N-methyl/N-ethyl adjacent to an activating group) is 1. The van der Waals surface area contributed by atoms with Crippen LogP contribution in [0.25, 0.3) is 0 Å². The summed E-state index contributed by atoms with van der Waals surface area (Å²) in [7, 11) is 2.02. The van der Waals surface area contributed by atoms with Crippen LogP contribution in [0.1, 0.15) is 6.42 Å². The van der Waals surface area contributed by atoms with E-state index in [1.165, 1.54) is 5.29 Å². The number of rotatable bonds is 3. The van der Waals surface area contributed by atoms with Crippen molar-refractivity contribution in [2.45, 2.75) is 12.5 Å². The van der Waals surface area contributed by atoms with Crippen LogP contribution in [0, 0.1) is 4.91 Å². The molecule has 1 saturated heterocycles. The Morgan fingerprint density at radius 3 is 3.10 bits per heavy atom. The van der Waals surface area contributed by atoms with Crippen LogP contribution in [0.15, 0.2) is 0 Å². The third-order valence-corrected chi connectivity index (χ3v) is 1.62. The van der Waals surface area contributed by atoms with Crippen LogP contribution in [0.5, 0.6) is 0 Å². The SMILES string of the molecule is CN1CCC(ON[NH+]=O)C1. The smallest absolute Gasteiger partial charge is 0.125 e. The maximum atomic E-state index is 9.67. The largest absolute Gasteiger partial charge is 0.304 e. The van der Waals surface area contributed by atoms with E-state index in [0.29, 0.717) is 0 Å². The van der Waals surface area contributed by atoms with Gasteiger partial charge in [-0.1, -0.05) is 0 Å². The van der Waals surface area contributed by atoms with Gasteiger partial charge < -0.3 is 4.90 Å². The summed E-state index contributed by atoms with van der Waals surface area (Å²) in [4.78, 5) is 16.7. The second-order valence-corrected chi connectivity index (χ2v) is 2.49. The highest BCUT2D eigenvalue weighted by molar-refractivity contribution is 4.71. The van der Waals surface area contributed by atoms with Crippen molar-refractivity contribution >= 4 is 0 Å². The van der Waals surface area contributed by atoms with Crippen LogP contribution in [0.3, 0.4) is 0 Å². The Balaban J connectivity index is 2.12. The lowest BCUT2D eigenvalue weighted by molar-refractivity contribution is -0.616. The zero-order chi connectivity index (χ0) is 7.40. The number of hydrazine groups is 1. The van der Waals surface area contributed by atoms with Gasteiger partial charge in [-0.25, -0.2) is 4.84 Å². The van der Waals surface area contributed by atoms with E-state index in [1.54, 1.807) is 0 Å². The van der Waals surface area contributed by atoms with Gasteiger partial charge in [0.1, 0.15) is 11.4 Å². The van der Waals surface area contributed by atoms with Crippen LogP contribution in [0.2, 0.25) is 0 Å². The molecule has 1 heterocycles. The quantitative estimate of drug-likeness (QED) is 0.451. The summed E-state index contributed by atoms with van der Waals surface area (Å²) < 4.78 is 0. The Labute approximate surface area is 59.2 Å². The van der Waals surface area contributed by atoms with E-state index in [2.05, 4.69) is 10.5 Å². The van der Waals surface area contributed by atoms with Crippen LogP contribution in [-0.2, 0) is 4.84 Å². The molecule has 2 N–H and O–H groups in total. The molecule has 1 atom stereocenters. The van der Waals surface area contributed by atoms with E-state index in [9.17, 15) is 4.91 Å². The Kier molecular flexibility index (Phi) is 2.58. The van der Waals surface area contributed by atoms with Crippen LogP contribution in [0.4, 0.5) is 0 Å². The lowest BCUT2D eigenvalue weighted by Gasteiger charge is -2.06. The minimum Gasteiger partial charge on any atom is -0.304 e. The van der Waals surface area contributed by atoms with E-state index in [-0.39, 0.29) is 6.10 Å². The molecule has 1 aliphatic heterocycles. The van der Waals surface area contributed by atoms with Gasteiger partial charge in [0.15, 0.2) is 0 Å². The molecule has 5 heteroatoms. The Bertz CT molecular complexity index is 119. The molecule has 0 spiro atoms. The molecule has 1 rings (SSSR count). The predicted molar refractivity (Wildman–Crippen MR) is 34.5 cm³/mol. The number of likely N-dealkylation sites (tertiary alicyclic amines) is 1. The fourth-order valence-electron chi connectivity index (χ4n) is 1.10. The molecular weight excluding hydrogens is 134 g/mol. The zero-order valence-corrected chi connectivity index (χ0v) is 5.96. The summed E-state index contributed by atoms with van der Waals surface area (Å²) in [6.07, 6.45) is 1.12. The third-order valence-electron chi connectivity index (χ3n) is 1.62. The molecule has 0 saturated carbocycles. The van der Waals surface area contributed by atoms with E-state index < -0.39 is 0 Å². The second-order valence-electron chi connectivity index (χ2n) is 2.49. The summed E-state index contributed by atoms with van der Waals surface area (Å²) in [5.41, 5.74) is 2.08. The lowest BCUT2D eigenvalue weighted by Crippen LogP contribution is -2.76. The summed E-state index contributed by atoms with van der Waals surface area (Å²) >= 11 is 0. The highest BCUT2D eigenvalue weighted by Crippen LogP contribution is 2.07. The van der Waals surface area contributed by atoms with Crippen molar-refractivity contribution in [2.75, 3.05) is 20.1 Å². The molecule has 10 heavy (non-hydrogen) atoms. The van der Waals surface area contributed by atoms with Crippen molar-refractivity contribution in [2.24, 2.45) is 0 Å². The molecule has 0 bridgehead atoms. The molecule has 1 unspecified atom stereocenters. The standard InChI is InChI=1S/C5H11N3O2/c1-8-3-2-5(4-8)10-7-6-9/h5H,2-4H2,1H3,(H,7,9)/p+1. The first-order valence-electron chi connectivity index (χ1n) is 3.29.